The van der Waals surface area contributed by atoms with Crippen molar-refractivity contribution in [2.75, 3.05) is 26.8 Å². The molecule has 114 valence electrons. The molecule has 0 fully saturated rings. The summed E-state index contributed by atoms with van der Waals surface area (Å²) in [5.41, 5.74) is 0.448. The van der Waals surface area contributed by atoms with Crippen LogP contribution in [0.4, 0.5) is 4.39 Å². The average molecular weight is 324 g/mol. The normalized spacial score (nSPS) is 12.1. The van der Waals surface area contributed by atoms with Crippen LogP contribution in [0.5, 0.6) is 0 Å². The number of hydrogen-bond donors (Lipinski definition) is 0. The third kappa shape index (κ3) is 3.91. The van der Waals surface area contributed by atoms with E-state index in [9.17, 15) is 12.8 Å². The molecule has 1 aromatic carbocycles. The molecule has 0 aromatic heterocycles. The Kier molecular flexibility index (Phi) is 6.39. The highest BCUT2D eigenvalue weighted by molar-refractivity contribution is 7.89. The van der Waals surface area contributed by atoms with Gasteiger partial charge in [-0.2, -0.15) is 4.31 Å². The number of nitrogens with zero attached hydrogens (tertiary/aromatic N) is 1. The van der Waals surface area contributed by atoms with Gasteiger partial charge in [0.15, 0.2) is 0 Å². The first-order valence-electron chi connectivity index (χ1n) is 6.23. The molecule has 0 bridgehead atoms. The summed E-state index contributed by atoms with van der Waals surface area (Å²) in [5, 5.41) is 0. The Morgan fingerprint density at radius 1 is 1.40 bits per heavy atom. The van der Waals surface area contributed by atoms with E-state index in [0.717, 1.165) is 0 Å². The van der Waals surface area contributed by atoms with Crippen LogP contribution in [0.2, 0.25) is 0 Å². The van der Waals surface area contributed by atoms with E-state index in [0.29, 0.717) is 13.2 Å². The zero-order chi connectivity index (χ0) is 15.3. The van der Waals surface area contributed by atoms with E-state index in [1.165, 1.54) is 30.4 Å². The van der Waals surface area contributed by atoms with Crippen molar-refractivity contribution in [1.29, 1.82) is 0 Å². The van der Waals surface area contributed by atoms with Crippen molar-refractivity contribution in [3.8, 4) is 0 Å². The third-order valence-electron chi connectivity index (χ3n) is 2.91. The third-order valence-corrected chi connectivity index (χ3v) is 5.03. The molecule has 1 rings (SSSR count). The summed E-state index contributed by atoms with van der Waals surface area (Å²) in [4.78, 5) is 0.0473. The van der Waals surface area contributed by atoms with Gasteiger partial charge in [0.2, 0.25) is 10.0 Å². The number of rotatable bonds is 7. The van der Waals surface area contributed by atoms with Crippen LogP contribution in [0.3, 0.4) is 0 Å². The molecule has 0 aliphatic rings. The molecule has 0 unspecified atom stereocenters. The lowest BCUT2D eigenvalue weighted by Gasteiger charge is -2.18. The number of aryl methyl sites for hydroxylation is 1. The summed E-state index contributed by atoms with van der Waals surface area (Å²) in [6.07, 6.45) is 0. The molecule has 1 aromatic rings. The zero-order valence-corrected chi connectivity index (χ0v) is 13.4. The van der Waals surface area contributed by atoms with E-state index < -0.39 is 15.8 Å². The van der Waals surface area contributed by atoms with Crippen molar-refractivity contribution in [2.45, 2.75) is 24.6 Å². The average Bonchev–Trinajstić information content (AvgIpc) is 2.41. The maximum atomic E-state index is 13.7. The quantitative estimate of drug-likeness (QED) is 0.572. The van der Waals surface area contributed by atoms with Gasteiger partial charge in [-0.15, -0.1) is 11.6 Å². The summed E-state index contributed by atoms with van der Waals surface area (Å²) >= 11 is 5.64. The fraction of sp³-hybridized carbons (Fsp3) is 0.538. The van der Waals surface area contributed by atoms with Crippen LogP contribution in [-0.4, -0.2) is 39.5 Å². The topological polar surface area (TPSA) is 46.6 Å². The van der Waals surface area contributed by atoms with E-state index >= 15 is 0 Å². The summed E-state index contributed by atoms with van der Waals surface area (Å²) in [7, 11) is -2.20. The summed E-state index contributed by atoms with van der Waals surface area (Å²) in [5.74, 6) is -0.533. The molecule has 0 spiro atoms. The first-order chi connectivity index (χ1) is 9.34. The number of alkyl halides is 1. The van der Waals surface area contributed by atoms with Crippen LogP contribution in [0.1, 0.15) is 18.1 Å². The van der Waals surface area contributed by atoms with Gasteiger partial charge in [-0.3, -0.25) is 0 Å². The van der Waals surface area contributed by atoms with Crippen LogP contribution in [-0.2, 0) is 20.6 Å². The van der Waals surface area contributed by atoms with Gasteiger partial charge in [-0.1, -0.05) is 0 Å². The fourth-order valence-corrected chi connectivity index (χ4v) is 3.18. The van der Waals surface area contributed by atoms with Gasteiger partial charge < -0.3 is 4.74 Å². The van der Waals surface area contributed by atoms with Crippen LogP contribution >= 0.6 is 11.6 Å². The highest BCUT2D eigenvalue weighted by Gasteiger charge is 2.22. The monoisotopic (exact) mass is 323 g/mol. The van der Waals surface area contributed by atoms with Gasteiger partial charge in [0.05, 0.1) is 17.4 Å². The molecular weight excluding hydrogens is 305 g/mol. The Bertz CT molecular complexity index is 563. The lowest BCUT2D eigenvalue weighted by atomic mass is 10.1. The Hall–Kier alpha value is -0.690. The molecule has 0 amide bonds. The summed E-state index contributed by atoms with van der Waals surface area (Å²) in [6.45, 7) is 4.44. The predicted molar refractivity (Wildman–Crippen MR) is 77.0 cm³/mol. The number of ether oxygens (including phenoxy) is 1. The maximum absolute atomic E-state index is 13.7. The highest BCUT2D eigenvalue weighted by atomic mass is 35.5. The van der Waals surface area contributed by atoms with E-state index in [-0.39, 0.29) is 28.4 Å². The van der Waals surface area contributed by atoms with Crippen LogP contribution in [0.15, 0.2) is 17.0 Å². The first kappa shape index (κ1) is 17.4. The second kappa shape index (κ2) is 7.36. The lowest BCUT2D eigenvalue weighted by molar-refractivity contribution is 0.138. The van der Waals surface area contributed by atoms with Gasteiger partial charge >= 0.3 is 0 Å². The number of benzene rings is 1. The van der Waals surface area contributed by atoms with Gasteiger partial charge in [0, 0.05) is 25.8 Å². The smallest absolute Gasteiger partial charge is 0.242 e. The van der Waals surface area contributed by atoms with Crippen molar-refractivity contribution in [3.63, 3.8) is 0 Å². The van der Waals surface area contributed by atoms with Gasteiger partial charge in [-0.05, 0) is 31.5 Å². The van der Waals surface area contributed by atoms with Crippen molar-refractivity contribution in [3.05, 3.63) is 29.1 Å². The Morgan fingerprint density at radius 2 is 2.05 bits per heavy atom. The van der Waals surface area contributed by atoms with Crippen molar-refractivity contribution in [2.24, 2.45) is 0 Å². The molecule has 0 saturated heterocycles. The SMILES string of the molecule is CCOCCN(C)S(=O)(=O)c1cc(C)c(F)c(CCl)c1. The molecule has 4 nitrogen and oxygen atoms in total. The molecular formula is C13H19ClFNO3S. The molecule has 0 aliphatic carbocycles. The van der Waals surface area contributed by atoms with Gasteiger partial charge in [0.25, 0.3) is 0 Å². The molecule has 7 heteroatoms. The van der Waals surface area contributed by atoms with Crippen LogP contribution in [0.25, 0.3) is 0 Å². The minimum atomic E-state index is -3.66. The molecule has 0 N–H and O–H groups in total. The number of halogens is 2. The zero-order valence-electron chi connectivity index (χ0n) is 11.8. The Morgan fingerprint density at radius 3 is 2.60 bits per heavy atom. The van der Waals surface area contributed by atoms with E-state index in [2.05, 4.69) is 0 Å². The molecule has 0 aliphatic heterocycles. The van der Waals surface area contributed by atoms with Crippen molar-refractivity contribution >= 4 is 21.6 Å². The van der Waals surface area contributed by atoms with Crippen LogP contribution < -0.4 is 0 Å². The highest BCUT2D eigenvalue weighted by Crippen LogP contribution is 2.22. The summed E-state index contributed by atoms with van der Waals surface area (Å²) in [6, 6.07) is 2.60. The number of sulfonamides is 1. The minimum absolute atomic E-state index is 0.0473. The molecule has 20 heavy (non-hydrogen) atoms. The molecule has 0 radical (unpaired) electrons. The molecule has 0 atom stereocenters. The fourth-order valence-electron chi connectivity index (χ4n) is 1.69. The molecule has 0 saturated carbocycles. The maximum Gasteiger partial charge on any atom is 0.242 e. The lowest BCUT2D eigenvalue weighted by Crippen LogP contribution is -2.30. The largest absolute Gasteiger partial charge is 0.380 e. The second-order valence-electron chi connectivity index (χ2n) is 4.37. The van der Waals surface area contributed by atoms with E-state index in [1.807, 2.05) is 6.92 Å². The van der Waals surface area contributed by atoms with Crippen molar-refractivity contribution in [1.82, 2.24) is 4.31 Å². The number of hydrogen-bond acceptors (Lipinski definition) is 3. The minimum Gasteiger partial charge on any atom is -0.380 e. The second-order valence-corrected chi connectivity index (χ2v) is 6.68. The van der Waals surface area contributed by atoms with E-state index in [1.54, 1.807) is 0 Å². The van der Waals surface area contributed by atoms with E-state index in [4.69, 9.17) is 16.3 Å². The van der Waals surface area contributed by atoms with Crippen molar-refractivity contribution < 1.29 is 17.5 Å². The summed E-state index contributed by atoms with van der Waals surface area (Å²) < 4.78 is 44.8. The predicted octanol–water partition coefficient (Wildman–Crippen LogP) is 2.53. The standard InChI is InChI=1S/C13H19ClFNO3S/c1-4-19-6-5-16(3)20(17,18)12-7-10(2)13(15)11(8-12)9-14/h7-8H,4-6,9H2,1-3H3. The first-order valence-corrected chi connectivity index (χ1v) is 8.21. The Balaban J connectivity index is 3.06. The van der Waals surface area contributed by atoms with Gasteiger partial charge in [-0.25, -0.2) is 12.8 Å². The van der Waals surface area contributed by atoms with Crippen LogP contribution in [0, 0.1) is 12.7 Å². The molecule has 0 heterocycles. The van der Waals surface area contributed by atoms with Gasteiger partial charge in [0.1, 0.15) is 5.82 Å². The number of likely N-dealkylation sites (N-methyl/N-ethyl adjacent to an activating group) is 1. The Labute approximate surface area is 124 Å².